The molecular formula is C19H19NO7S. The van der Waals surface area contributed by atoms with Crippen molar-refractivity contribution in [3.05, 3.63) is 71.3 Å². The Balaban J connectivity index is 1.91. The lowest BCUT2D eigenvalue weighted by atomic mass is 10.0. The molecule has 28 heavy (non-hydrogen) atoms. The number of carbonyl (C=O) groups excluding carboxylic acids is 1. The molecule has 2 aromatic rings. The van der Waals surface area contributed by atoms with Gasteiger partial charge in [-0.15, -0.1) is 0 Å². The third-order valence-corrected chi connectivity index (χ3v) is 5.00. The standard InChI is InChI=1S/C19H19NO7S/c1-24-14-10-6-9-13(16(14)25-2)17-15(21)18(19(20)26-17)27-28(22,23)11-12-7-4-3-5-8-12/h3-10,17H,11,20H2,1-2H3/i17D. The molecule has 1 atom stereocenters. The highest BCUT2D eigenvalue weighted by Gasteiger charge is 2.41. The molecule has 2 aromatic carbocycles. The summed E-state index contributed by atoms with van der Waals surface area (Å²) in [4.78, 5) is 12.9. The average molecular weight is 406 g/mol. The molecule has 8 nitrogen and oxygen atoms in total. The molecule has 1 unspecified atom stereocenters. The van der Waals surface area contributed by atoms with E-state index in [2.05, 4.69) is 0 Å². The van der Waals surface area contributed by atoms with Gasteiger partial charge in [-0.1, -0.05) is 42.5 Å². The van der Waals surface area contributed by atoms with E-state index in [1.165, 1.54) is 26.4 Å². The molecule has 0 bridgehead atoms. The van der Waals surface area contributed by atoms with Gasteiger partial charge in [-0.05, 0) is 11.6 Å². The van der Waals surface area contributed by atoms with Crippen molar-refractivity contribution in [1.29, 1.82) is 0 Å². The van der Waals surface area contributed by atoms with E-state index in [4.69, 9.17) is 25.5 Å². The van der Waals surface area contributed by atoms with Crippen LogP contribution < -0.4 is 15.2 Å². The van der Waals surface area contributed by atoms with E-state index in [9.17, 15) is 13.2 Å². The first-order valence-corrected chi connectivity index (χ1v) is 9.70. The van der Waals surface area contributed by atoms with Crippen LogP contribution in [0.1, 0.15) is 18.6 Å². The smallest absolute Gasteiger partial charge is 0.313 e. The molecule has 0 fully saturated rings. The van der Waals surface area contributed by atoms with Crippen molar-refractivity contribution in [1.82, 2.24) is 0 Å². The summed E-state index contributed by atoms with van der Waals surface area (Å²) in [6, 6.07) is 12.8. The molecule has 148 valence electrons. The first kappa shape index (κ1) is 18.2. The number of para-hydroxylation sites is 1. The zero-order valence-electron chi connectivity index (χ0n) is 16.2. The Kier molecular flexibility index (Phi) is 5.07. The second-order valence-electron chi connectivity index (χ2n) is 5.77. The van der Waals surface area contributed by atoms with Gasteiger partial charge in [0.25, 0.3) is 0 Å². The van der Waals surface area contributed by atoms with Crippen LogP contribution in [-0.2, 0) is 29.6 Å². The molecule has 1 aliphatic rings. The minimum absolute atomic E-state index is 0.00800. The van der Waals surface area contributed by atoms with E-state index in [0.717, 1.165) is 0 Å². The largest absolute Gasteiger partial charge is 0.493 e. The van der Waals surface area contributed by atoms with Crippen LogP contribution in [0.5, 0.6) is 11.5 Å². The first-order valence-electron chi connectivity index (χ1n) is 8.63. The van der Waals surface area contributed by atoms with Gasteiger partial charge >= 0.3 is 10.1 Å². The number of ketones is 1. The van der Waals surface area contributed by atoms with Gasteiger partial charge in [-0.3, -0.25) is 4.79 Å². The highest BCUT2D eigenvalue weighted by atomic mass is 32.2. The van der Waals surface area contributed by atoms with E-state index >= 15 is 0 Å². The van der Waals surface area contributed by atoms with Gasteiger partial charge in [0, 0.05) is 5.56 Å². The Hall–Kier alpha value is -3.20. The van der Waals surface area contributed by atoms with Crippen molar-refractivity contribution in [2.45, 2.75) is 11.8 Å². The number of benzene rings is 2. The molecule has 3 rings (SSSR count). The summed E-state index contributed by atoms with van der Waals surface area (Å²) in [7, 11) is -1.49. The van der Waals surface area contributed by atoms with Gasteiger partial charge in [0.15, 0.2) is 17.6 Å². The Morgan fingerprint density at radius 3 is 2.46 bits per heavy atom. The fourth-order valence-corrected chi connectivity index (χ4v) is 3.75. The lowest BCUT2D eigenvalue weighted by Gasteiger charge is -2.16. The van der Waals surface area contributed by atoms with Crippen LogP contribution in [0.25, 0.3) is 0 Å². The summed E-state index contributed by atoms with van der Waals surface area (Å²) in [6.45, 7) is 0. The van der Waals surface area contributed by atoms with E-state index in [1.54, 1.807) is 36.4 Å². The maximum atomic E-state index is 12.9. The summed E-state index contributed by atoms with van der Waals surface area (Å²) >= 11 is 0. The monoisotopic (exact) mass is 406 g/mol. The molecule has 0 saturated carbocycles. The molecule has 0 aliphatic carbocycles. The van der Waals surface area contributed by atoms with Gasteiger partial charge < -0.3 is 24.1 Å². The summed E-state index contributed by atoms with van der Waals surface area (Å²) in [6.07, 6.45) is -2.39. The van der Waals surface area contributed by atoms with Gasteiger partial charge in [-0.25, -0.2) is 0 Å². The number of methoxy groups -OCH3 is 2. The molecule has 1 heterocycles. The van der Waals surface area contributed by atoms with E-state index in [1.807, 2.05) is 0 Å². The molecular weight excluding hydrogens is 386 g/mol. The SMILES string of the molecule is [2H]C1(c2cccc(OC)c2OC)OC(N)=C(OS(=O)(=O)Cc2ccccc2)C1=O. The number of hydrogen-bond donors (Lipinski definition) is 1. The summed E-state index contributed by atoms with van der Waals surface area (Å²) in [5, 5.41) is 0. The van der Waals surface area contributed by atoms with Crippen molar-refractivity contribution < 1.29 is 33.0 Å². The molecule has 9 heteroatoms. The number of ether oxygens (including phenoxy) is 3. The maximum Gasteiger partial charge on any atom is 0.313 e. The molecule has 2 N–H and O–H groups in total. The Morgan fingerprint density at radius 2 is 1.82 bits per heavy atom. The number of nitrogens with two attached hydrogens (primary N) is 1. The predicted octanol–water partition coefficient (Wildman–Crippen LogP) is 2.02. The Morgan fingerprint density at radius 1 is 1.11 bits per heavy atom. The average Bonchev–Trinajstić information content (AvgIpc) is 2.91. The second kappa shape index (κ2) is 7.81. The minimum atomic E-state index is -4.22. The quantitative estimate of drug-likeness (QED) is 0.695. The second-order valence-corrected chi connectivity index (χ2v) is 7.34. The Bertz CT molecular complexity index is 1070. The summed E-state index contributed by atoms with van der Waals surface area (Å²) in [5.41, 5.74) is 6.15. The van der Waals surface area contributed by atoms with Crippen LogP contribution in [0.4, 0.5) is 0 Å². The normalized spacial score (nSPS) is 19.8. The number of Topliss-reactive ketones (excluding diaryl/α,β-unsaturated/α-hetero) is 1. The van der Waals surface area contributed by atoms with Gasteiger partial charge in [0.05, 0.1) is 15.6 Å². The van der Waals surface area contributed by atoms with E-state index in [-0.39, 0.29) is 17.1 Å². The third-order valence-electron chi connectivity index (χ3n) is 3.89. The molecule has 0 radical (unpaired) electrons. The van der Waals surface area contributed by atoms with Gasteiger partial charge in [0.1, 0.15) is 5.75 Å². The van der Waals surface area contributed by atoms with Crippen molar-refractivity contribution >= 4 is 15.9 Å². The number of rotatable bonds is 7. The molecule has 1 aliphatic heterocycles. The van der Waals surface area contributed by atoms with Crippen LogP contribution in [0.3, 0.4) is 0 Å². The molecule has 0 saturated heterocycles. The maximum absolute atomic E-state index is 12.9. The third kappa shape index (κ3) is 3.89. The van der Waals surface area contributed by atoms with Crippen molar-refractivity contribution in [2.75, 3.05) is 14.2 Å². The zero-order valence-corrected chi connectivity index (χ0v) is 16.0. The summed E-state index contributed by atoms with van der Waals surface area (Å²) in [5.74, 6) is -2.56. The van der Waals surface area contributed by atoms with E-state index in [0.29, 0.717) is 5.56 Å². The number of hydrogen-bond acceptors (Lipinski definition) is 8. The van der Waals surface area contributed by atoms with Crippen LogP contribution >= 0.6 is 0 Å². The van der Waals surface area contributed by atoms with Crippen LogP contribution in [0, 0.1) is 0 Å². The fourth-order valence-electron chi connectivity index (χ4n) is 2.67. The molecule has 0 amide bonds. The van der Waals surface area contributed by atoms with E-state index < -0.39 is 39.4 Å². The Labute approximate surface area is 164 Å². The zero-order chi connectivity index (χ0) is 21.2. The molecule has 0 aromatic heterocycles. The first-order chi connectivity index (χ1) is 13.7. The predicted molar refractivity (Wildman–Crippen MR) is 99.7 cm³/mol. The fraction of sp³-hybridized carbons (Fsp3) is 0.211. The van der Waals surface area contributed by atoms with Crippen molar-refractivity contribution in [3.63, 3.8) is 0 Å². The van der Waals surface area contributed by atoms with Gasteiger partial charge in [0.2, 0.25) is 17.4 Å². The topological polar surface area (TPSA) is 114 Å². The lowest BCUT2D eigenvalue weighted by Crippen LogP contribution is -2.16. The number of carbonyl (C=O) groups is 1. The summed E-state index contributed by atoms with van der Waals surface area (Å²) < 4.78 is 53.9. The van der Waals surface area contributed by atoms with Crippen molar-refractivity contribution in [2.24, 2.45) is 5.73 Å². The van der Waals surface area contributed by atoms with Crippen LogP contribution in [-0.4, -0.2) is 28.4 Å². The van der Waals surface area contributed by atoms with Crippen LogP contribution in [0.2, 0.25) is 0 Å². The lowest BCUT2D eigenvalue weighted by molar-refractivity contribution is -0.123. The van der Waals surface area contributed by atoms with Crippen LogP contribution in [0.15, 0.2) is 60.2 Å². The minimum Gasteiger partial charge on any atom is -0.493 e. The molecule has 0 spiro atoms. The van der Waals surface area contributed by atoms with Gasteiger partial charge in [-0.2, -0.15) is 8.42 Å². The highest BCUT2D eigenvalue weighted by molar-refractivity contribution is 7.86. The van der Waals surface area contributed by atoms with Crippen molar-refractivity contribution in [3.8, 4) is 11.5 Å². The highest BCUT2D eigenvalue weighted by Crippen LogP contribution is 2.41.